The highest BCUT2D eigenvalue weighted by Gasteiger charge is 2.14. The molecule has 6 heteroatoms. The number of halogens is 1. The summed E-state index contributed by atoms with van der Waals surface area (Å²) in [5.41, 5.74) is 10.8. The third kappa shape index (κ3) is 2.46. The Morgan fingerprint density at radius 3 is 2.64 bits per heavy atom. The van der Waals surface area contributed by atoms with Gasteiger partial charge in [0.25, 0.3) is 0 Å². The maximum absolute atomic E-state index is 11.5. The smallest absolute Gasteiger partial charge is 0.230 e. The second kappa shape index (κ2) is 4.43. The quantitative estimate of drug-likeness (QED) is 0.745. The van der Waals surface area contributed by atoms with E-state index >= 15 is 0 Å². The van der Waals surface area contributed by atoms with Crippen molar-refractivity contribution in [3.05, 3.63) is 23.2 Å². The third-order valence-electron chi connectivity index (χ3n) is 1.50. The zero-order valence-electron chi connectivity index (χ0n) is 7.20. The van der Waals surface area contributed by atoms with Crippen LogP contribution in [0.25, 0.3) is 0 Å². The molecule has 0 aliphatic rings. The highest BCUT2D eigenvalue weighted by Crippen LogP contribution is 2.25. The predicted octanol–water partition coefficient (Wildman–Crippen LogP) is 0.515. The normalized spacial score (nSPS) is 12.4. The monoisotopic (exact) mass is 232 g/mol. The lowest BCUT2D eigenvalue weighted by Crippen LogP contribution is -2.20. The number of carbonyl (C=O) groups is 1. The van der Waals surface area contributed by atoms with Gasteiger partial charge in [-0.15, -0.1) is 0 Å². The van der Waals surface area contributed by atoms with Gasteiger partial charge in [-0.3, -0.25) is 9.00 Å². The van der Waals surface area contributed by atoms with Crippen LogP contribution in [0.5, 0.6) is 0 Å². The summed E-state index contributed by atoms with van der Waals surface area (Å²) in [7, 11) is -1.57. The Kier molecular flexibility index (Phi) is 3.49. The molecular formula is C8H9ClN2O2S. The Balaban J connectivity index is 3.06. The molecule has 0 bridgehead atoms. The number of carbonyl (C=O) groups excluding carboxylic acids is 1. The van der Waals surface area contributed by atoms with Gasteiger partial charge in [0.2, 0.25) is 5.91 Å². The largest absolute Gasteiger partial charge is 0.398 e. The molecule has 0 spiro atoms. The fourth-order valence-corrected chi connectivity index (χ4v) is 2.43. The molecule has 0 saturated heterocycles. The maximum Gasteiger partial charge on any atom is 0.230 e. The van der Waals surface area contributed by atoms with Crippen LogP contribution >= 0.6 is 11.6 Å². The molecule has 1 aromatic rings. The first-order chi connectivity index (χ1) is 6.52. The van der Waals surface area contributed by atoms with Crippen LogP contribution in [0.4, 0.5) is 5.69 Å². The van der Waals surface area contributed by atoms with E-state index in [0.717, 1.165) is 0 Å². The minimum Gasteiger partial charge on any atom is -0.398 e. The van der Waals surface area contributed by atoms with Gasteiger partial charge in [0, 0.05) is 5.69 Å². The Hall–Kier alpha value is -1.07. The molecule has 0 heterocycles. The number of anilines is 1. The van der Waals surface area contributed by atoms with Crippen molar-refractivity contribution in [2.75, 3.05) is 11.5 Å². The van der Waals surface area contributed by atoms with Crippen molar-refractivity contribution in [2.45, 2.75) is 4.90 Å². The first-order valence-corrected chi connectivity index (χ1v) is 5.42. The molecule has 4 N–H and O–H groups in total. The Morgan fingerprint density at radius 2 is 2.14 bits per heavy atom. The summed E-state index contributed by atoms with van der Waals surface area (Å²) in [5.74, 6) is -0.920. The number of hydrogen-bond acceptors (Lipinski definition) is 3. The number of benzene rings is 1. The van der Waals surface area contributed by atoms with Crippen LogP contribution in [-0.2, 0) is 15.6 Å². The number of rotatable bonds is 3. The first kappa shape index (κ1) is 11.0. The van der Waals surface area contributed by atoms with Crippen LogP contribution < -0.4 is 11.5 Å². The lowest BCUT2D eigenvalue weighted by atomic mass is 10.3. The number of nitrogen functional groups attached to an aromatic ring is 1. The highest BCUT2D eigenvalue weighted by molar-refractivity contribution is 7.86. The van der Waals surface area contributed by atoms with Gasteiger partial charge in [0.1, 0.15) is 5.75 Å². The number of nitrogens with two attached hydrogens (primary N) is 2. The zero-order chi connectivity index (χ0) is 10.7. The average Bonchev–Trinajstić information content (AvgIpc) is 2.01. The van der Waals surface area contributed by atoms with Crippen LogP contribution in [0.3, 0.4) is 0 Å². The summed E-state index contributed by atoms with van der Waals surface area (Å²) in [4.78, 5) is 10.8. The summed E-state index contributed by atoms with van der Waals surface area (Å²) in [6, 6.07) is 4.77. The molecule has 1 unspecified atom stereocenters. The minimum atomic E-state index is -1.57. The standard InChI is InChI=1S/C8H9ClN2O2S/c9-5-2-1-3-6(10)8(5)14(13)4-7(11)12/h1-3H,4,10H2,(H2,11,12). The van der Waals surface area contributed by atoms with E-state index < -0.39 is 16.7 Å². The summed E-state index contributed by atoms with van der Waals surface area (Å²) in [5, 5.41) is 0.282. The van der Waals surface area contributed by atoms with Crippen molar-refractivity contribution in [1.82, 2.24) is 0 Å². The molecule has 0 radical (unpaired) electrons. The van der Waals surface area contributed by atoms with Gasteiger partial charge in [-0.25, -0.2) is 0 Å². The molecule has 0 aliphatic heterocycles. The van der Waals surface area contributed by atoms with E-state index in [1.54, 1.807) is 18.2 Å². The van der Waals surface area contributed by atoms with Crippen molar-refractivity contribution in [1.29, 1.82) is 0 Å². The molecule has 0 fully saturated rings. The lowest BCUT2D eigenvalue weighted by Gasteiger charge is -2.05. The minimum absolute atomic E-state index is 0.270. The number of primary amides is 1. The second-order valence-electron chi connectivity index (χ2n) is 2.61. The molecule has 76 valence electrons. The van der Waals surface area contributed by atoms with Gasteiger partial charge in [-0.2, -0.15) is 0 Å². The average molecular weight is 233 g/mol. The number of hydrogen-bond donors (Lipinski definition) is 2. The van der Waals surface area contributed by atoms with E-state index in [4.69, 9.17) is 23.1 Å². The molecule has 1 atom stereocenters. The van der Waals surface area contributed by atoms with Crippen molar-refractivity contribution in [2.24, 2.45) is 5.73 Å². The van der Waals surface area contributed by atoms with E-state index in [2.05, 4.69) is 0 Å². The maximum atomic E-state index is 11.5. The third-order valence-corrected chi connectivity index (χ3v) is 3.38. The molecule has 14 heavy (non-hydrogen) atoms. The van der Waals surface area contributed by atoms with Crippen LogP contribution in [0, 0.1) is 0 Å². The van der Waals surface area contributed by atoms with Crippen molar-refractivity contribution in [3.63, 3.8) is 0 Å². The summed E-state index contributed by atoms with van der Waals surface area (Å²) in [6.07, 6.45) is 0. The second-order valence-corrected chi connectivity index (χ2v) is 4.41. The highest BCUT2D eigenvalue weighted by atomic mass is 35.5. The van der Waals surface area contributed by atoms with Gasteiger partial charge in [-0.1, -0.05) is 17.7 Å². The number of amides is 1. The van der Waals surface area contributed by atoms with E-state index in [1.807, 2.05) is 0 Å². The van der Waals surface area contributed by atoms with Crippen LogP contribution in [0.15, 0.2) is 23.1 Å². The van der Waals surface area contributed by atoms with Crippen LogP contribution in [0.2, 0.25) is 5.02 Å². The Labute approximate surface area is 88.7 Å². The van der Waals surface area contributed by atoms with Crippen molar-refractivity contribution in [3.8, 4) is 0 Å². The lowest BCUT2D eigenvalue weighted by molar-refractivity contribution is -0.115. The van der Waals surface area contributed by atoms with Gasteiger partial charge < -0.3 is 11.5 Å². The fourth-order valence-electron chi connectivity index (χ4n) is 0.967. The SMILES string of the molecule is NC(=O)CS(=O)c1c(N)cccc1Cl. The zero-order valence-corrected chi connectivity index (χ0v) is 8.77. The molecule has 1 rings (SSSR count). The van der Waals surface area contributed by atoms with Gasteiger partial charge in [0.05, 0.1) is 20.7 Å². The predicted molar refractivity (Wildman–Crippen MR) is 56.3 cm³/mol. The van der Waals surface area contributed by atoms with E-state index in [0.29, 0.717) is 5.69 Å². The Morgan fingerprint density at radius 1 is 1.50 bits per heavy atom. The summed E-state index contributed by atoms with van der Waals surface area (Å²) >= 11 is 5.78. The Bertz CT molecular complexity index is 375. The van der Waals surface area contributed by atoms with Crippen molar-refractivity contribution < 1.29 is 9.00 Å². The molecule has 0 saturated carbocycles. The fraction of sp³-hybridized carbons (Fsp3) is 0.125. The molecule has 0 aromatic heterocycles. The van der Waals surface area contributed by atoms with E-state index in [1.165, 1.54) is 0 Å². The van der Waals surface area contributed by atoms with E-state index in [-0.39, 0.29) is 15.7 Å². The van der Waals surface area contributed by atoms with Crippen LogP contribution in [0.1, 0.15) is 0 Å². The van der Waals surface area contributed by atoms with Gasteiger partial charge in [-0.05, 0) is 12.1 Å². The molecule has 0 aliphatic carbocycles. The van der Waals surface area contributed by atoms with Gasteiger partial charge >= 0.3 is 0 Å². The first-order valence-electron chi connectivity index (χ1n) is 3.73. The molecular weight excluding hydrogens is 224 g/mol. The molecule has 4 nitrogen and oxygen atoms in total. The summed E-state index contributed by atoms with van der Waals surface area (Å²) in [6.45, 7) is 0. The summed E-state index contributed by atoms with van der Waals surface area (Å²) < 4.78 is 11.5. The molecule has 1 aromatic carbocycles. The topological polar surface area (TPSA) is 86.2 Å². The van der Waals surface area contributed by atoms with Gasteiger partial charge in [0.15, 0.2) is 0 Å². The van der Waals surface area contributed by atoms with E-state index in [9.17, 15) is 9.00 Å². The van der Waals surface area contributed by atoms with Crippen molar-refractivity contribution >= 4 is 34.0 Å². The molecule has 1 amide bonds. The van der Waals surface area contributed by atoms with Crippen LogP contribution in [-0.4, -0.2) is 15.9 Å².